The Hall–Kier alpha value is -1.50. The van der Waals surface area contributed by atoms with Crippen LogP contribution >= 0.6 is 0 Å². The molecule has 1 aromatic rings. The van der Waals surface area contributed by atoms with Crippen LogP contribution in [0, 0.1) is 5.41 Å². The number of carbonyl (C=O) groups excluding carboxylic acids is 1. The van der Waals surface area contributed by atoms with E-state index in [0.717, 1.165) is 19.3 Å². The van der Waals surface area contributed by atoms with Gasteiger partial charge in [0.25, 0.3) is 0 Å². The number of amides is 1. The number of nitrogens with one attached hydrogen (secondary N) is 2. The van der Waals surface area contributed by atoms with Gasteiger partial charge in [-0.2, -0.15) is 5.21 Å². The van der Waals surface area contributed by atoms with Crippen LogP contribution in [0.5, 0.6) is 0 Å². The second kappa shape index (κ2) is 4.17. The van der Waals surface area contributed by atoms with E-state index in [2.05, 4.69) is 25.9 Å². The topological polar surface area (TPSA) is 110 Å². The van der Waals surface area contributed by atoms with E-state index in [-0.39, 0.29) is 17.4 Å². The fraction of sp³-hybridized carbons (Fsp3) is 0.778. The molecule has 1 aliphatic rings. The van der Waals surface area contributed by atoms with Crippen LogP contribution in [0.1, 0.15) is 38.1 Å². The number of aromatic amines is 1. The fourth-order valence-corrected chi connectivity index (χ4v) is 1.89. The summed E-state index contributed by atoms with van der Waals surface area (Å²) in [5.41, 5.74) is 5.29. The molecule has 1 amide bonds. The van der Waals surface area contributed by atoms with Crippen molar-refractivity contribution in [1.29, 1.82) is 0 Å². The van der Waals surface area contributed by atoms with Gasteiger partial charge in [-0.15, -0.1) is 10.2 Å². The van der Waals surface area contributed by atoms with Gasteiger partial charge in [-0.1, -0.05) is 11.6 Å². The molecule has 0 saturated heterocycles. The minimum Gasteiger partial charge on any atom is -0.346 e. The van der Waals surface area contributed by atoms with E-state index in [4.69, 9.17) is 5.73 Å². The largest absolute Gasteiger partial charge is 0.346 e. The average Bonchev–Trinajstić information content (AvgIpc) is 2.69. The molecule has 1 heterocycles. The minimum absolute atomic E-state index is 0.00134. The SMILES string of the molecule is CC(NC(=O)C1(CN)CCC1)c1nn[nH]n1. The standard InChI is InChI=1S/C9H16N6O/c1-6(7-12-14-15-13-7)11-8(16)9(5-10)3-2-4-9/h6H,2-5,10H2,1H3,(H,11,16)(H,12,13,14,15). The summed E-state index contributed by atoms with van der Waals surface area (Å²) in [6.45, 7) is 2.23. The lowest BCUT2D eigenvalue weighted by molar-refractivity contribution is -0.135. The van der Waals surface area contributed by atoms with E-state index in [1.807, 2.05) is 6.92 Å². The Bertz CT molecular complexity index is 353. The number of carbonyl (C=O) groups is 1. The second-order valence-electron chi connectivity index (χ2n) is 4.30. The molecule has 0 radical (unpaired) electrons. The van der Waals surface area contributed by atoms with Gasteiger partial charge in [-0.25, -0.2) is 0 Å². The van der Waals surface area contributed by atoms with Gasteiger partial charge in [0.2, 0.25) is 5.91 Å². The zero-order valence-corrected chi connectivity index (χ0v) is 9.23. The number of nitrogens with two attached hydrogens (primary N) is 1. The molecule has 16 heavy (non-hydrogen) atoms. The van der Waals surface area contributed by atoms with E-state index in [1.165, 1.54) is 0 Å². The zero-order chi connectivity index (χ0) is 11.6. The Labute approximate surface area is 93.2 Å². The first-order valence-corrected chi connectivity index (χ1v) is 5.42. The smallest absolute Gasteiger partial charge is 0.228 e. The predicted molar refractivity (Wildman–Crippen MR) is 56.1 cm³/mol. The molecule has 4 N–H and O–H groups in total. The monoisotopic (exact) mass is 224 g/mol. The Morgan fingerprint density at radius 3 is 2.88 bits per heavy atom. The summed E-state index contributed by atoms with van der Waals surface area (Å²) in [6.07, 6.45) is 2.81. The highest BCUT2D eigenvalue weighted by molar-refractivity contribution is 5.84. The first-order chi connectivity index (χ1) is 7.68. The summed E-state index contributed by atoms with van der Waals surface area (Å²) >= 11 is 0. The number of hydrogen-bond donors (Lipinski definition) is 3. The van der Waals surface area contributed by atoms with Crippen molar-refractivity contribution in [3.8, 4) is 0 Å². The van der Waals surface area contributed by atoms with E-state index >= 15 is 0 Å². The summed E-state index contributed by atoms with van der Waals surface area (Å²) in [6, 6.07) is -0.240. The van der Waals surface area contributed by atoms with E-state index in [1.54, 1.807) is 0 Å². The Morgan fingerprint density at radius 1 is 1.69 bits per heavy atom. The molecule has 88 valence electrons. The molecule has 1 unspecified atom stereocenters. The fourth-order valence-electron chi connectivity index (χ4n) is 1.89. The normalized spacial score (nSPS) is 19.9. The van der Waals surface area contributed by atoms with Crippen molar-refractivity contribution in [3.05, 3.63) is 5.82 Å². The highest BCUT2D eigenvalue weighted by atomic mass is 16.2. The third-order valence-corrected chi connectivity index (χ3v) is 3.28. The first kappa shape index (κ1) is 11.0. The molecule has 1 aromatic heterocycles. The van der Waals surface area contributed by atoms with Crippen LogP contribution in [-0.4, -0.2) is 33.1 Å². The maximum absolute atomic E-state index is 12.0. The van der Waals surface area contributed by atoms with Crippen LogP contribution < -0.4 is 11.1 Å². The number of nitrogens with zero attached hydrogens (tertiary/aromatic N) is 3. The van der Waals surface area contributed by atoms with Gasteiger partial charge in [0.15, 0.2) is 5.82 Å². The molecule has 0 spiro atoms. The Kier molecular flexibility index (Phi) is 2.86. The maximum Gasteiger partial charge on any atom is 0.228 e. The lowest BCUT2D eigenvalue weighted by Crippen LogP contribution is -2.50. The van der Waals surface area contributed by atoms with Crippen LogP contribution in [0.15, 0.2) is 0 Å². The van der Waals surface area contributed by atoms with E-state index < -0.39 is 0 Å². The Balaban J connectivity index is 1.97. The van der Waals surface area contributed by atoms with Crippen LogP contribution in [0.4, 0.5) is 0 Å². The molecule has 7 heteroatoms. The summed E-state index contributed by atoms with van der Waals surface area (Å²) in [7, 11) is 0. The molecule has 1 atom stereocenters. The summed E-state index contributed by atoms with van der Waals surface area (Å²) < 4.78 is 0. The van der Waals surface area contributed by atoms with Gasteiger partial charge < -0.3 is 11.1 Å². The number of tetrazole rings is 1. The van der Waals surface area contributed by atoms with Crippen LogP contribution in [0.2, 0.25) is 0 Å². The van der Waals surface area contributed by atoms with Gasteiger partial charge >= 0.3 is 0 Å². The summed E-state index contributed by atoms with van der Waals surface area (Å²) in [5.74, 6) is 0.485. The third-order valence-electron chi connectivity index (χ3n) is 3.28. The van der Waals surface area contributed by atoms with Crippen molar-refractivity contribution < 1.29 is 4.79 Å². The number of H-pyrrole nitrogens is 1. The van der Waals surface area contributed by atoms with Crippen molar-refractivity contribution in [1.82, 2.24) is 25.9 Å². The minimum atomic E-state index is -0.363. The summed E-state index contributed by atoms with van der Waals surface area (Å²) in [5, 5.41) is 16.3. The van der Waals surface area contributed by atoms with E-state index in [0.29, 0.717) is 12.4 Å². The van der Waals surface area contributed by atoms with Crippen LogP contribution in [-0.2, 0) is 4.79 Å². The highest BCUT2D eigenvalue weighted by Gasteiger charge is 2.43. The van der Waals surface area contributed by atoms with Crippen molar-refractivity contribution in [3.63, 3.8) is 0 Å². The third kappa shape index (κ3) is 1.78. The molecule has 7 nitrogen and oxygen atoms in total. The average molecular weight is 224 g/mol. The van der Waals surface area contributed by atoms with Crippen molar-refractivity contribution in [2.75, 3.05) is 6.54 Å². The zero-order valence-electron chi connectivity index (χ0n) is 9.23. The Morgan fingerprint density at radius 2 is 2.44 bits per heavy atom. The van der Waals surface area contributed by atoms with Crippen molar-refractivity contribution in [2.45, 2.75) is 32.2 Å². The molecule has 0 bridgehead atoms. The lowest BCUT2D eigenvalue weighted by Gasteiger charge is -2.39. The van der Waals surface area contributed by atoms with Gasteiger partial charge in [0.1, 0.15) is 0 Å². The summed E-state index contributed by atoms with van der Waals surface area (Å²) in [4.78, 5) is 12.0. The maximum atomic E-state index is 12.0. The van der Waals surface area contributed by atoms with Gasteiger partial charge in [0.05, 0.1) is 11.5 Å². The number of aromatic nitrogens is 4. The molecule has 0 aromatic carbocycles. The highest BCUT2D eigenvalue weighted by Crippen LogP contribution is 2.40. The quantitative estimate of drug-likeness (QED) is 0.639. The second-order valence-corrected chi connectivity index (χ2v) is 4.30. The molecular weight excluding hydrogens is 208 g/mol. The lowest BCUT2D eigenvalue weighted by atomic mass is 9.68. The van der Waals surface area contributed by atoms with Crippen LogP contribution in [0.25, 0.3) is 0 Å². The van der Waals surface area contributed by atoms with E-state index in [9.17, 15) is 4.79 Å². The number of hydrogen-bond acceptors (Lipinski definition) is 5. The number of rotatable bonds is 4. The van der Waals surface area contributed by atoms with Crippen molar-refractivity contribution in [2.24, 2.45) is 11.1 Å². The van der Waals surface area contributed by atoms with Gasteiger partial charge in [-0.3, -0.25) is 4.79 Å². The molecule has 1 fully saturated rings. The van der Waals surface area contributed by atoms with Gasteiger partial charge in [-0.05, 0) is 19.8 Å². The molecule has 0 aliphatic heterocycles. The van der Waals surface area contributed by atoms with Gasteiger partial charge in [0, 0.05) is 6.54 Å². The molecule has 1 aliphatic carbocycles. The van der Waals surface area contributed by atoms with Crippen molar-refractivity contribution >= 4 is 5.91 Å². The van der Waals surface area contributed by atoms with Crippen LogP contribution in [0.3, 0.4) is 0 Å². The predicted octanol–water partition coefficient (Wildman–Crippen LogP) is -0.494. The molecule has 1 saturated carbocycles. The molecule has 2 rings (SSSR count). The first-order valence-electron chi connectivity index (χ1n) is 5.42. The molecular formula is C9H16N6O.